The zero-order chi connectivity index (χ0) is 32.8. The Bertz CT molecular complexity index is 1750. The van der Waals surface area contributed by atoms with Crippen molar-refractivity contribution in [2.45, 2.75) is 31.7 Å². The molecule has 1 aliphatic heterocycles. The Morgan fingerprint density at radius 1 is 1.00 bits per heavy atom. The number of rotatable bonds is 11. The highest BCUT2D eigenvalue weighted by Crippen LogP contribution is 2.45. The van der Waals surface area contributed by atoms with E-state index in [0.29, 0.717) is 24.3 Å². The summed E-state index contributed by atoms with van der Waals surface area (Å²) in [5.74, 6) is -0.320. The minimum absolute atomic E-state index is 0.0642. The average Bonchev–Trinajstić information content (AvgIpc) is 3.54. The summed E-state index contributed by atoms with van der Waals surface area (Å²) >= 11 is 0. The number of carbonyl (C=O) groups is 1. The van der Waals surface area contributed by atoms with Gasteiger partial charge in [-0.15, -0.1) is 0 Å². The van der Waals surface area contributed by atoms with Gasteiger partial charge in [-0.25, -0.2) is 11.6 Å². The highest BCUT2D eigenvalue weighted by atomic mass is 16.5. The molecule has 1 fully saturated rings. The number of fused-ring (bicyclic) bond motifs is 1. The second-order valence-electron chi connectivity index (χ2n) is 11.7. The van der Waals surface area contributed by atoms with Gasteiger partial charge in [0.1, 0.15) is 6.23 Å². The lowest BCUT2D eigenvalue weighted by Crippen LogP contribution is -2.57. The molecule has 5 aromatic rings. The molecule has 0 spiro atoms. The molecule has 1 saturated heterocycles. The summed E-state index contributed by atoms with van der Waals surface area (Å²) in [6, 6.07) is 31.1. The van der Waals surface area contributed by atoms with Crippen LogP contribution in [-0.2, 0) is 15.1 Å². The number of morpholine rings is 1. The molecular weight excluding hydrogens is 594 g/mol. The molecule has 3 aromatic carbocycles. The van der Waals surface area contributed by atoms with Crippen LogP contribution >= 0.6 is 0 Å². The van der Waals surface area contributed by atoms with Crippen molar-refractivity contribution < 1.29 is 19.4 Å². The van der Waals surface area contributed by atoms with E-state index in [1.807, 2.05) is 54.6 Å². The van der Waals surface area contributed by atoms with Crippen LogP contribution in [-0.4, -0.2) is 74.4 Å². The first kappa shape index (κ1) is 31.8. The highest BCUT2D eigenvalue weighted by Gasteiger charge is 2.46. The van der Waals surface area contributed by atoms with Gasteiger partial charge in [0.15, 0.2) is 17.8 Å². The number of hydrogen-bond acceptors (Lipinski definition) is 8. The Labute approximate surface area is 273 Å². The number of anilines is 1. The van der Waals surface area contributed by atoms with Crippen molar-refractivity contribution >= 4 is 23.0 Å². The van der Waals surface area contributed by atoms with E-state index in [1.165, 1.54) is 0 Å². The number of nitrogens with zero attached hydrogens (tertiary/aromatic N) is 6. The molecule has 47 heavy (non-hydrogen) atoms. The zero-order valence-electron chi connectivity index (χ0n) is 26.4. The standard InChI is InChI=1S/C36H37N7O4/c1-25(2)33(45)40-35-39-32-31(34(41-35)46-20-19-37-3)38-24-43(32)30-22-42(21-29(23-44)47-30)36(26-13-7-4-8-14-26,27-15-9-5-10-16-27)28-17-11-6-12-18-28/h4-18,24-25,29-30,44H,19-23H2,1-2H3,(H,39,40,41,45). The molecule has 1 aliphatic rings. The largest absolute Gasteiger partial charge is 0.468 e. The van der Waals surface area contributed by atoms with E-state index in [9.17, 15) is 9.90 Å². The van der Waals surface area contributed by atoms with Crippen LogP contribution in [0, 0.1) is 12.5 Å². The van der Waals surface area contributed by atoms with E-state index < -0.39 is 17.9 Å². The maximum atomic E-state index is 12.6. The van der Waals surface area contributed by atoms with Crippen LogP contribution in [0.1, 0.15) is 36.8 Å². The molecule has 0 bridgehead atoms. The van der Waals surface area contributed by atoms with Gasteiger partial charge in [-0.2, -0.15) is 9.97 Å². The smallest absolute Gasteiger partial charge is 0.248 e. The molecule has 11 nitrogen and oxygen atoms in total. The van der Waals surface area contributed by atoms with E-state index in [0.717, 1.165) is 16.7 Å². The second-order valence-corrected chi connectivity index (χ2v) is 11.7. The van der Waals surface area contributed by atoms with Crippen LogP contribution in [0.5, 0.6) is 5.88 Å². The Hall–Kier alpha value is -5.15. The molecule has 6 rings (SSSR count). The second kappa shape index (κ2) is 14.1. The summed E-state index contributed by atoms with van der Waals surface area (Å²) in [4.78, 5) is 32.1. The van der Waals surface area contributed by atoms with Crippen molar-refractivity contribution in [2.75, 3.05) is 38.2 Å². The van der Waals surface area contributed by atoms with Crippen molar-refractivity contribution in [3.05, 3.63) is 125 Å². The van der Waals surface area contributed by atoms with Crippen molar-refractivity contribution in [3.8, 4) is 5.88 Å². The van der Waals surface area contributed by atoms with Gasteiger partial charge < -0.3 is 19.4 Å². The number of imidazole rings is 1. The summed E-state index contributed by atoms with van der Waals surface area (Å²) in [6.07, 6.45) is 0.437. The molecule has 2 atom stereocenters. The molecule has 0 saturated carbocycles. The number of hydrogen-bond donors (Lipinski definition) is 2. The zero-order valence-corrected chi connectivity index (χ0v) is 26.4. The number of ether oxygens (including phenoxy) is 2. The molecular formula is C36H37N7O4. The first-order valence-electron chi connectivity index (χ1n) is 15.6. The van der Waals surface area contributed by atoms with Gasteiger partial charge in [0.05, 0.1) is 24.6 Å². The van der Waals surface area contributed by atoms with E-state index in [4.69, 9.17) is 21.0 Å². The Morgan fingerprint density at radius 3 is 2.13 bits per heavy atom. The van der Waals surface area contributed by atoms with Gasteiger partial charge in [-0.1, -0.05) is 105 Å². The van der Waals surface area contributed by atoms with E-state index in [1.54, 1.807) is 24.7 Å². The Kier molecular flexibility index (Phi) is 9.54. The molecule has 0 radical (unpaired) electrons. The molecule has 0 aliphatic carbocycles. The fourth-order valence-corrected chi connectivity index (χ4v) is 6.13. The fourth-order valence-electron chi connectivity index (χ4n) is 6.13. The molecule has 2 unspecified atom stereocenters. The number of aliphatic hydroxyl groups is 1. The van der Waals surface area contributed by atoms with Crippen molar-refractivity contribution in [1.82, 2.24) is 24.4 Å². The van der Waals surface area contributed by atoms with Crippen LogP contribution in [0.3, 0.4) is 0 Å². The van der Waals surface area contributed by atoms with E-state index in [-0.39, 0.29) is 43.4 Å². The number of amides is 1. The topological polar surface area (TPSA) is 119 Å². The predicted molar refractivity (Wildman–Crippen MR) is 178 cm³/mol. The number of aromatic nitrogens is 4. The highest BCUT2D eigenvalue weighted by molar-refractivity contribution is 5.91. The van der Waals surface area contributed by atoms with Gasteiger partial charge in [-0.05, 0) is 16.7 Å². The van der Waals surface area contributed by atoms with E-state index >= 15 is 0 Å². The maximum Gasteiger partial charge on any atom is 0.248 e. The van der Waals surface area contributed by atoms with Crippen molar-refractivity contribution in [3.63, 3.8) is 0 Å². The molecule has 11 heteroatoms. The summed E-state index contributed by atoms with van der Waals surface area (Å²) in [6.45, 7) is 11.6. The number of benzene rings is 3. The lowest BCUT2D eigenvalue weighted by molar-refractivity contribution is -0.148. The van der Waals surface area contributed by atoms with Gasteiger partial charge in [0.25, 0.3) is 0 Å². The number of aliphatic hydroxyl groups excluding tert-OH is 1. The van der Waals surface area contributed by atoms with Gasteiger partial charge in [0.2, 0.25) is 24.3 Å². The Balaban J connectivity index is 1.50. The molecule has 2 aromatic heterocycles. The third kappa shape index (κ3) is 6.31. The first-order valence-corrected chi connectivity index (χ1v) is 15.6. The minimum atomic E-state index is -0.741. The third-order valence-corrected chi connectivity index (χ3v) is 8.30. The quantitative estimate of drug-likeness (QED) is 0.120. The lowest BCUT2D eigenvalue weighted by atomic mass is 9.75. The fraction of sp³-hybridized carbons (Fsp3) is 0.306. The van der Waals surface area contributed by atoms with Crippen LogP contribution in [0.15, 0.2) is 97.3 Å². The van der Waals surface area contributed by atoms with E-state index in [2.05, 4.69) is 61.4 Å². The summed E-state index contributed by atoms with van der Waals surface area (Å²) < 4.78 is 14.2. The molecule has 240 valence electrons. The van der Waals surface area contributed by atoms with Gasteiger partial charge in [-0.3, -0.25) is 19.6 Å². The van der Waals surface area contributed by atoms with Crippen LogP contribution in [0.2, 0.25) is 0 Å². The SMILES string of the molecule is [C-]#[N+]CCOc1nc(NC(=O)C(C)C)nc2c1ncn2C1CN(C(c2ccccc2)(c2ccccc2)c2ccccc2)CC(CO)O1. The number of nitrogens with one attached hydrogen (secondary N) is 1. The molecule has 1 amide bonds. The predicted octanol–water partition coefficient (Wildman–Crippen LogP) is 4.90. The third-order valence-electron chi connectivity index (χ3n) is 8.30. The normalized spacial score (nSPS) is 17.0. The van der Waals surface area contributed by atoms with Crippen LogP contribution in [0.4, 0.5) is 5.95 Å². The van der Waals surface area contributed by atoms with Crippen LogP contribution in [0.25, 0.3) is 16.0 Å². The summed E-state index contributed by atoms with van der Waals surface area (Å²) in [7, 11) is 0. The minimum Gasteiger partial charge on any atom is -0.468 e. The summed E-state index contributed by atoms with van der Waals surface area (Å²) in [5, 5.41) is 13.3. The monoisotopic (exact) mass is 631 g/mol. The molecule has 2 N–H and O–H groups in total. The maximum absolute atomic E-state index is 12.6. The van der Waals surface area contributed by atoms with Crippen molar-refractivity contribution in [1.29, 1.82) is 0 Å². The average molecular weight is 632 g/mol. The van der Waals surface area contributed by atoms with Crippen molar-refractivity contribution in [2.24, 2.45) is 5.92 Å². The number of carbonyl (C=O) groups excluding carboxylic acids is 1. The first-order chi connectivity index (χ1) is 22.9. The molecule has 3 heterocycles. The van der Waals surface area contributed by atoms with Gasteiger partial charge >= 0.3 is 0 Å². The lowest BCUT2D eigenvalue weighted by Gasteiger charge is -2.50. The Morgan fingerprint density at radius 2 is 1.60 bits per heavy atom. The van der Waals surface area contributed by atoms with Crippen LogP contribution < -0.4 is 10.1 Å². The van der Waals surface area contributed by atoms with Gasteiger partial charge in [0, 0.05) is 19.0 Å². The summed E-state index contributed by atoms with van der Waals surface area (Å²) in [5.41, 5.74) is 3.24.